The van der Waals surface area contributed by atoms with Gasteiger partial charge in [0.15, 0.2) is 0 Å². The Morgan fingerprint density at radius 2 is 1.06 bits per heavy atom. The molecule has 4 aromatic carbocycles. The summed E-state index contributed by atoms with van der Waals surface area (Å²) in [5.41, 5.74) is 23.3. The first kappa shape index (κ1) is 37.6. The van der Waals surface area contributed by atoms with Gasteiger partial charge in [-0.25, -0.2) is 0 Å². The van der Waals surface area contributed by atoms with Crippen LogP contribution in [0.3, 0.4) is 0 Å². The Bertz CT molecular complexity index is 1890. The first-order valence-electron chi connectivity index (χ1n) is 16.7. The van der Waals surface area contributed by atoms with Gasteiger partial charge in [0.1, 0.15) is 0 Å². The van der Waals surface area contributed by atoms with Gasteiger partial charge in [-0.15, -0.1) is 0 Å². The molecule has 0 aromatic heterocycles. The maximum absolute atomic E-state index is 2.62. The van der Waals surface area contributed by atoms with Gasteiger partial charge in [-0.2, -0.15) is 0 Å². The summed E-state index contributed by atoms with van der Waals surface area (Å²) in [4.78, 5) is 0. The second-order valence-electron chi connectivity index (χ2n) is 15.9. The van der Waals surface area contributed by atoms with Crippen LogP contribution in [0.25, 0.3) is 33.4 Å². The largest absolute Gasteiger partial charge is 1.00 e. The molecule has 4 aromatic rings. The topological polar surface area (TPSA) is 0 Å². The quantitative estimate of drug-likeness (QED) is 0.226. The molecule has 3 heteroatoms. The minimum absolute atomic E-state index is 0. The van der Waals surface area contributed by atoms with E-state index in [1.807, 2.05) is 0 Å². The van der Waals surface area contributed by atoms with Crippen LogP contribution in [0.15, 0.2) is 64.0 Å². The predicted octanol–water partition coefficient (Wildman–Crippen LogP) is 5.60. The van der Waals surface area contributed by atoms with Gasteiger partial charge >= 0.3 is 286 Å². The minimum Gasteiger partial charge on any atom is -1.00 e. The van der Waals surface area contributed by atoms with Crippen molar-refractivity contribution in [3.63, 3.8) is 0 Å². The molecule has 47 heavy (non-hydrogen) atoms. The van der Waals surface area contributed by atoms with Crippen LogP contribution in [0.4, 0.5) is 0 Å². The maximum atomic E-state index is 2.62. The molecule has 0 unspecified atom stereocenters. The van der Waals surface area contributed by atoms with Crippen molar-refractivity contribution in [1.82, 2.24) is 0 Å². The van der Waals surface area contributed by atoms with Crippen LogP contribution in [0.1, 0.15) is 104 Å². The molecule has 2 aliphatic rings. The molecule has 0 bridgehead atoms. The van der Waals surface area contributed by atoms with Crippen molar-refractivity contribution in [2.45, 2.75) is 107 Å². The van der Waals surface area contributed by atoms with E-state index in [-0.39, 0.29) is 35.6 Å². The summed E-state index contributed by atoms with van der Waals surface area (Å²) >= 11 is -1.06. The molecular formula is C44H50Cl2Zr. The van der Waals surface area contributed by atoms with E-state index in [2.05, 4.69) is 144 Å². The Morgan fingerprint density at radius 1 is 0.553 bits per heavy atom. The van der Waals surface area contributed by atoms with Gasteiger partial charge < -0.3 is 24.8 Å². The van der Waals surface area contributed by atoms with Gasteiger partial charge in [-0.05, 0) is 0 Å². The molecule has 0 aliphatic heterocycles. The molecule has 0 N–H and O–H groups in total. The minimum atomic E-state index is -1.06. The first-order chi connectivity index (χ1) is 21.0. The molecule has 0 atom stereocenters. The van der Waals surface area contributed by atoms with Gasteiger partial charge in [0.2, 0.25) is 0 Å². The molecule has 0 amide bonds. The molecular weight excluding hydrogens is 691 g/mol. The van der Waals surface area contributed by atoms with E-state index in [0.717, 1.165) is 12.8 Å². The Morgan fingerprint density at radius 3 is 1.55 bits per heavy atom. The van der Waals surface area contributed by atoms with Crippen LogP contribution in [-0.4, -0.2) is 0 Å². The zero-order valence-electron chi connectivity index (χ0n) is 30.4. The average molecular weight is 741 g/mol. The van der Waals surface area contributed by atoms with Crippen molar-refractivity contribution in [3.8, 4) is 33.4 Å². The molecule has 6 rings (SSSR count). The third-order valence-corrected chi connectivity index (χ3v) is 13.6. The van der Waals surface area contributed by atoms with E-state index in [9.17, 15) is 0 Å². The number of benzene rings is 4. The third kappa shape index (κ3) is 6.98. The Labute approximate surface area is 309 Å². The molecule has 0 heterocycles. The first-order valence-corrected chi connectivity index (χ1v) is 19.2. The summed E-state index contributed by atoms with van der Waals surface area (Å²) < 4.78 is 3.40. The summed E-state index contributed by atoms with van der Waals surface area (Å²) in [6.45, 7) is 28.2. The van der Waals surface area contributed by atoms with Crippen LogP contribution >= 0.6 is 0 Å². The van der Waals surface area contributed by atoms with Crippen molar-refractivity contribution in [2.75, 3.05) is 0 Å². The summed E-state index contributed by atoms with van der Waals surface area (Å²) in [5.74, 6) is 0. The Balaban J connectivity index is 0.00000250. The number of fused-ring (bicyclic) bond motifs is 3. The molecule has 2 aliphatic carbocycles. The van der Waals surface area contributed by atoms with E-state index in [4.69, 9.17) is 0 Å². The fraction of sp³-hybridized carbons (Fsp3) is 0.364. The van der Waals surface area contributed by atoms with E-state index in [0.29, 0.717) is 0 Å². The molecule has 0 spiro atoms. The predicted molar refractivity (Wildman–Crippen MR) is 193 cm³/mol. The number of aryl methyl sites for hydroxylation is 6. The normalized spacial score (nSPS) is 13.4. The van der Waals surface area contributed by atoms with Crippen molar-refractivity contribution in [1.29, 1.82) is 0 Å². The number of halogens is 2. The van der Waals surface area contributed by atoms with Gasteiger partial charge in [0, 0.05) is 0 Å². The smallest absolute Gasteiger partial charge is 1.00 e. The molecule has 0 saturated carbocycles. The van der Waals surface area contributed by atoms with Crippen molar-refractivity contribution >= 4 is 3.27 Å². The second-order valence-corrected chi connectivity index (χ2v) is 19.4. The summed E-state index contributed by atoms with van der Waals surface area (Å²) in [7, 11) is 0. The van der Waals surface area contributed by atoms with Gasteiger partial charge in [0.25, 0.3) is 0 Å². The zero-order chi connectivity index (χ0) is 32.6. The van der Waals surface area contributed by atoms with Crippen molar-refractivity contribution in [2.24, 2.45) is 0 Å². The van der Waals surface area contributed by atoms with E-state index in [1.165, 1.54) is 77.9 Å². The molecule has 0 radical (unpaired) electrons. The number of hydrogen-bond acceptors (Lipinski definition) is 0. The third-order valence-electron chi connectivity index (χ3n) is 9.88. The van der Waals surface area contributed by atoms with Crippen molar-refractivity contribution < 1.29 is 48.0 Å². The van der Waals surface area contributed by atoms with Crippen LogP contribution in [0.2, 0.25) is 0 Å². The molecule has 0 saturated heterocycles. The Kier molecular flexibility index (Phi) is 10.9. The fourth-order valence-electron chi connectivity index (χ4n) is 8.08. The summed E-state index contributed by atoms with van der Waals surface area (Å²) in [5, 5.41) is 0. The number of hydrogen-bond donors (Lipinski definition) is 0. The Hall–Kier alpha value is -2.18. The van der Waals surface area contributed by atoms with E-state index in [1.54, 1.807) is 17.7 Å². The molecule has 0 fully saturated rings. The molecule has 0 nitrogen and oxygen atoms in total. The fourth-order valence-corrected chi connectivity index (χ4v) is 11.7. The van der Waals surface area contributed by atoms with Gasteiger partial charge in [-0.1, -0.05) is 0 Å². The van der Waals surface area contributed by atoms with Gasteiger partial charge in [-0.3, -0.25) is 0 Å². The van der Waals surface area contributed by atoms with E-state index >= 15 is 0 Å². The maximum Gasteiger partial charge on any atom is -1.00 e. The van der Waals surface area contributed by atoms with Crippen LogP contribution < -0.4 is 28.1 Å². The zero-order valence-corrected chi connectivity index (χ0v) is 34.4. The average Bonchev–Trinajstić information content (AvgIpc) is 3.54. The monoisotopic (exact) mass is 738 g/mol. The van der Waals surface area contributed by atoms with E-state index < -0.39 is 23.2 Å². The summed E-state index contributed by atoms with van der Waals surface area (Å²) in [6.07, 6.45) is 9.24. The van der Waals surface area contributed by atoms with Crippen LogP contribution in [0.5, 0.6) is 0 Å². The molecule has 244 valence electrons. The SMILES string of the molecule is Cc1cc(C)c(-c2cc3c(cc2C(C)(C)C)-c2cc(C(C)(C)C)c(-c4c(C)cc(C)cc4C)[c]([Zr+2][C]4=CC=CC4)c2C3)c(C)c1.[Cl-].[Cl-]. The van der Waals surface area contributed by atoms with Crippen LogP contribution in [0, 0.1) is 41.5 Å². The standard InChI is InChI=1S/C39H45.C5H5.2ClH.Zr/c1-22-13-24(3)36(25(4)14-22)32-18-28-17-29-19-33(37-26(5)15-23(2)16-27(37)6)35(39(10,11)12)21-31(29)30(28)20-34(32)38(7,8)9;1-2-4-5-3-1;;;/h13-16,18,20-21H,17H2,1-12H3;1-3H,4H2;2*1H;/q;;;;+2/p-2. The number of allylic oxidation sites excluding steroid dienone is 4. The van der Waals surface area contributed by atoms with Gasteiger partial charge in [0.05, 0.1) is 0 Å². The summed E-state index contributed by atoms with van der Waals surface area (Å²) in [6, 6.07) is 17.3. The van der Waals surface area contributed by atoms with Crippen LogP contribution in [-0.2, 0) is 40.5 Å². The van der Waals surface area contributed by atoms with Crippen molar-refractivity contribution in [3.05, 3.63) is 120 Å². The number of rotatable bonds is 4. The second kappa shape index (κ2) is 13.6.